The summed E-state index contributed by atoms with van der Waals surface area (Å²) in [4.78, 5) is 25.9. The van der Waals surface area contributed by atoms with Crippen LogP contribution in [0.4, 0.5) is 0 Å². The Bertz CT molecular complexity index is 1050. The fraction of sp³-hybridized carbons (Fsp3) is 0.200. The van der Waals surface area contributed by atoms with Gasteiger partial charge in [0.1, 0.15) is 17.2 Å². The van der Waals surface area contributed by atoms with E-state index in [9.17, 15) is 14.7 Å². The van der Waals surface area contributed by atoms with E-state index in [1.807, 2.05) is 66.7 Å². The second-order valence-corrected chi connectivity index (χ2v) is 7.35. The third kappa shape index (κ3) is 5.04. The SMILES string of the molecule is O=C(O)C1CN(C(=O)CCOc2ccc(Oc3ccccc3)cc2)Cc2ccccc21. The van der Waals surface area contributed by atoms with Crippen molar-refractivity contribution < 1.29 is 24.2 Å². The van der Waals surface area contributed by atoms with Gasteiger partial charge in [-0.05, 0) is 47.5 Å². The molecule has 0 bridgehead atoms. The number of ether oxygens (including phenoxy) is 2. The van der Waals surface area contributed by atoms with Crippen LogP contribution >= 0.6 is 0 Å². The Kier molecular flexibility index (Phi) is 6.17. The first-order valence-electron chi connectivity index (χ1n) is 10.1. The van der Waals surface area contributed by atoms with E-state index in [1.165, 1.54) is 0 Å². The van der Waals surface area contributed by atoms with E-state index in [-0.39, 0.29) is 25.5 Å². The third-order valence-electron chi connectivity index (χ3n) is 5.23. The van der Waals surface area contributed by atoms with Gasteiger partial charge in [-0.3, -0.25) is 9.59 Å². The fourth-order valence-corrected chi connectivity index (χ4v) is 3.65. The van der Waals surface area contributed by atoms with Gasteiger partial charge in [-0.1, -0.05) is 42.5 Å². The van der Waals surface area contributed by atoms with Gasteiger partial charge in [0, 0.05) is 13.1 Å². The number of carbonyl (C=O) groups is 2. The van der Waals surface area contributed by atoms with Gasteiger partial charge in [0.05, 0.1) is 18.9 Å². The molecule has 0 aliphatic carbocycles. The molecule has 158 valence electrons. The lowest BCUT2D eigenvalue weighted by Crippen LogP contribution is -2.41. The highest BCUT2D eigenvalue weighted by atomic mass is 16.5. The van der Waals surface area contributed by atoms with Gasteiger partial charge in [-0.2, -0.15) is 0 Å². The molecule has 6 heteroatoms. The van der Waals surface area contributed by atoms with Crippen molar-refractivity contribution in [3.8, 4) is 17.2 Å². The predicted octanol–water partition coefficient (Wildman–Crippen LogP) is 4.46. The highest BCUT2D eigenvalue weighted by molar-refractivity contribution is 5.81. The van der Waals surface area contributed by atoms with Crippen LogP contribution in [-0.2, 0) is 16.1 Å². The van der Waals surface area contributed by atoms with Crippen molar-refractivity contribution in [3.05, 3.63) is 90.0 Å². The molecule has 0 spiro atoms. The number of fused-ring (bicyclic) bond motifs is 1. The molecule has 0 saturated heterocycles. The van der Waals surface area contributed by atoms with E-state index in [1.54, 1.807) is 17.0 Å². The smallest absolute Gasteiger partial charge is 0.312 e. The molecule has 4 rings (SSSR count). The minimum atomic E-state index is -0.918. The highest BCUT2D eigenvalue weighted by Gasteiger charge is 2.32. The number of para-hydroxylation sites is 1. The Morgan fingerprint density at radius 1 is 0.871 bits per heavy atom. The molecule has 31 heavy (non-hydrogen) atoms. The zero-order valence-corrected chi connectivity index (χ0v) is 16.9. The number of amides is 1. The molecular formula is C25H23NO5. The molecule has 1 unspecified atom stereocenters. The van der Waals surface area contributed by atoms with Crippen molar-refractivity contribution in [1.29, 1.82) is 0 Å². The number of hydrogen-bond donors (Lipinski definition) is 1. The predicted molar refractivity (Wildman–Crippen MR) is 115 cm³/mol. The largest absolute Gasteiger partial charge is 0.493 e. The normalized spacial score (nSPS) is 15.1. The van der Waals surface area contributed by atoms with Gasteiger partial charge in [0.25, 0.3) is 0 Å². The standard InChI is InChI=1S/C25H23NO5/c27-24(26-16-18-6-4-5-9-22(18)23(17-26)25(28)29)14-15-30-19-10-12-21(13-11-19)31-20-7-2-1-3-8-20/h1-13,23H,14-17H2,(H,28,29). The number of aliphatic carboxylic acids is 1. The molecule has 6 nitrogen and oxygen atoms in total. The third-order valence-corrected chi connectivity index (χ3v) is 5.23. The van der Waals surface area contributed by atoms with Gasteiger partial charge in [-0.25, -0.2) is 0 Å². The van der Waals surface area contributed by atoms with Crippen molar-refractivity contribution in [2.45, 2.75) is 18.9 Å². The van der Waals surface area contributed by atoms with Gasteiger partial charge in [0.15, 0.2) is 0 Å². The monoisotopic (exact) mass is 417 g/mol. The number of carbonyl (C=O) groups excluding carboxylic acids is 1. The second kappa shape index (κ2) is 9.34. The van der Waals surface area contributed by atoms with Crippen LogP contribution in [0.1, 0.15) is 23.5 Å². The summed E-state index contributed by atoms with van der Waals surface area (Å²) in [6.07, 6.45) is 0.177. The summed E-state index contributed by atoms with van der Waals surface area (Å²) in [6, 6.07) is 24.1. The van der Waals surface area contributed by atoms with Gasteiger partial charge in [0.2, 0.25) is 5.91 Å². The maximum absolute atomic E-state index is 12.7. The molecule has 1 aliphatic heterocycles. The minimum Gasteiger partial charge on any atom is -0.493 e. The Balaban J connectivity index is 1.30. The second-order valence-electron chi connectivity index (χ2n) is 7.35. The van der Waals surface area contributed by atoms with E-state index < -0.39 is 11.9 Å². The quantitative estimate of drug-likeness (QED) is 0.614. The van der Waals surface area contributed by atoms with Crippen LogP contribution in [0.2, 0.25) is 0 Å². The van der Waals surface area contributed by atoms with Crippen LogP contribution < -0.4 is 9.47 Å². The number of hydrogen-bond acceptors (Lipinski definition) is 4. The number of benzene rings is 3. The van der Waals surface area contributed by atoms with E-state index in [4.69, 9.17) is 9.47 Å². The molecule has 0 aromatic heterocycles. The molecule has 1 N–H and O–H groups in total. The Morgan fingerprint density at radius 3 is 2.26 bits per heavy atom. The summed E-state index contributed by atoms with van der Waals surface area (Å²) in [5.74, 6) is 0.349. The molecule has 3 aromatic carbocycles. The zero-order valence-electron chi connectivity index (χ0n) is 16.9. The molecule has 1 heterocycles. The van der Waals surface area contributed by atoms with Crippen LogP contribution in [0, 0.1) is 0 Å². The van der Waals surface area contributed by atoms with Crippen molar-refractivity contribution in [2.75, 3.05) is 13.2 Å². The molecule has 1 aliphatic rings. The van der Waals surface area contributed by atoms with Gasteiger partial charge in [-0.15, -0.1) is 0 Å². The van der Waals surface area contributed by atoms with Crippen LogP contribution in [0.5, 0.6) is 17.2 Å². The van der Waals surface area contributed by atoms with Crippen molar-refractivity contribution in [1.82, 2.24) is 4.90 Å². The average molecular weight is 417 g/mol. The Morgan fingerprint density at radius 2 is 1.52 bits per heavy atom. The van der Waals surface area contributed by atoms with E-state index in [0.29, 0.717) is 18.0 Å². The van der Waals surface area contributed by atoms with Crippen molar-refractivity contribution in [3.63, 3.8) is 0 Å². The lowest BCUT2D eigenvalue weighted by atomic mass is 9.89. The fourth-order valence-electron chi connectivity index (χ4n) is 3.65. The zero-order chi connectivity index (χ0) is 21.6. The maximum Gasteiger partial charge on any atom is 0.312 e. The first-order valence-corrected chi connectivity index (χ1v) is 10.1. The molecule has 1 amide bonds. The van der Waals surface area contributed by atoms with E-state index >= 15 is 0 Å². The van der Waals surface area contributed by atoms with Gasteiger partial charge >= 0.3 is 5.97 Å². The summed E-state index contributed by atoms with van der Waals surface area (Å²) >= 11 is 0. The Labute approximate surface area is 180 Å². The number of nitrogens with zero attached hydrogens (tertiary/aromatic N) is 1. The molecule has 0 fully saturated rings. The van der Waals surface area contributed by atoms with Crippen LogP contribution in [-0.4, -0.2) is 35.0 Å². The lowest BCUT2D eigenvalue weighted by molar-refractivity contribution is -0.141. The topological polar surface area (TPSA) is 76.1 Å². The van der Waals surface area contributed by atoms with E-state index in [0.717, 1.165) is 16.9 Å². The van der Waals surface area contributed by atoms with Crippen molar-refractivity contribution in [2.24, 2.45) is 0 Å². The summed E-state index contributed by atoms with van der Waals surface area (Å²) in [5.41, 5.74) is 1.66. The van der Waals surface area contributed by atoms with Crippen molar-refractivity contribution >= 4 is 11.9 Å². The van der Waals surface area contributed by atoms with Crippen LogP contribution in [0.3, 0.4) is 0 Å². The van der Waals surface area contributed by atoms with E-state index in [2.05, 4.69) is 0 Å². The lowest BCUT2D eigenvalue weighted by Gasteiger charge is -2.32. The van der Waals surface area contributed by atoms with Crippen LogP contribution in [0.15, 0.2) is 78.9 Å². The first kappa shape index (κ1) is 20.5. The summed E-state index contributed by atoms with van der Waals surface area (Å²) < 4.78 is 11.4. The summed E-state index contributed by atoms with van der Waals surface area (Å²) in [5, 5.41) is 9.55. The molecule has 3 aromatic rings. The maximum atomic E-state index is 12.7. The number of carboxylic acid groups (broad SMARTS) is 1. The average Bonchev–Trinajstić information content (AvgIpc) is 2.80. The molecular weight excluding hydrogens is 394 g/mol. The minimum absolute atomic E-state index is 0.121. The summed E-state index contributed by atoms with van der Waals surface area (Å²) in [7, 11) is 0. The summed E-state index contributed by atoms with van der Waals surface area (Å²) in [6.45, 7) is 0.814. The number of carboxylic acids is 1. The van der Waals surface area contributed by atoms with Crippen LogP contribution in [0.25, 0.3) is 0 Å². The molecule has 0 radical (unpaired) electrons. The van der Waals surface area contributed by atoms with Gasteiger partial charge < -0.3 is 19.5 Å². The first-order chi connectivity index (χ1) is 15.1. The highest BCUT2D eigenvalue weighted by Crippen LogP contribution is 2.29. The molecule has 1 atom stereocenters. The molecule has 0 saturated carbocycles. The Hall–Kier alpha value is -3.80. The number of rotatable bonds is 7.